The van der Waals surface area contributed by atoms with E-state index in [9.17, 15) is 9.59 Å². The Hall–Kier alpha value is -2.18. The molecule has 3 N–H and O–H groups in total. The van der Waals surface area contributed by atoms with Crippen LogP contribution in [0.15, 0.2) is 12.1 Å². The van der Waals surface area contributed by atoms with Gasteiger partial charge in [-0.1, -0.05) is 0 Å². The molecule has 16 heavy (non-hydrogen) atoms. The smallest absolute Gasteiger partial charge is 0.272 e. The second-order valence-corrected chi connectivity index (χ2v) is 2.91. The molecule has 0 aromatic carbocycles. The second kappa shape index (κ2) is 5.64. The Bertz CT molecular complexity index is 376. The molecule has 1 rings (SSSR count). The van der Waals surface area contributed by atoms with E-state index in [1.165, 1.54) is 13.1 Å². The summed E-state index contributed by atoms with van der Waals surface area (Å²) in [6.45, 7) is -0.0786. The molecule has 0 aliphatic rings. The number of hydrogen-bond donors (Lipinski definition) is 3. The highest BCUT2D eigenvalue weighted by molar-refractivity contribution is 5.94. The molecule has 1 heterocycles. The van der Waals surface area contributed by atoms with E-state index in [4.69, 9.17) is 0 Å². The predicted octanol–water partition coefficient (Wildman–Crippen LogP) is -1.01. The van der Waals surface area contributed by atoms with Crippen LogP contribution in [-0.4, -0.2) is 42.7 Å². The van der Waals surface area contributed by atoms with E-state index in [-0.39, 0.29) is 18.1 Å². The van der Waals surface area contributed by atoms with Crippen LogP contribution >= 0.6 is 0 Å². The Morgan fingerprint density at radius 3 is 2.50 bits per heavy atom. The molecule has 0 atom stereocenters. The van der Waals surface area contributed by atoms with Gasteiger partial charge in [0.25, 0.3) is 5.91 Å². The molecule has 1 aromatic heterocycles. The van der Waals surface area contributed by atoms with Crippen molar-refractivity contribution in [3.63, 3.8) is 0 Å². The largest absolute Gasteiger partial charge is 0.372 e. The normalized spacial score (nSPS) is 9.38. The second-order valence-electron chi connectivity index (χ2n) is 2.91. The van der Waals surface area contributed by atoms with Crippen molar-refractivity contribution in [2.45, 2.75) is 0 Å². The van der Waals surface area contributed by atoms with Crippen molar-refractivity contribution in [1.82, 2.24) is 20.8 Å². The number of rotatable bonds is 4. The lowest BCUT2D eigenvalue weighted by molar-refractivity contribution is -0.119. The molecule has 0 radical (unpaired) electrons. The number of carbonyl (C=O) groups is 2. The molecule has 0 spiro atoms. The number of nitrogens with one attached hydrogen (secondary N) is 3. The lowest BCUT2D eigenvalue weighted by atomic mass is 10.3. The van der Waals surface area contributed by atoms with E-state index in [0.29, 0.717) is 5.82 Å². The van der Waals surface area contributed by atoms with E-state index in [1.807, 2.05) is 0 Å². The summed E-state index contributed by atoms with van der Waals surface area (Å²) in [7, 11) is 3.20. The SMILES string of the molecule is CNC(=O)CNC(=O)c1ccc(NC)nn1. The van der Waals surface area contributed by atoms with E-state index >= 15 is 0 Å². The van der Waals surface area contributed by atoms with Crippen LogP contribution in [0.5, 0.6) is 0 Å². The summed E-state index contributed by atoms with van der Waals surface area (Å²) in [5.74, 6) is -0.130. The number of likely N-dealkylation sites (N-methyl/N-ethyl adjacent to an activating group) is 1. The first-order chi connectivity index (χ1) is 7.67. The average molecular weight is 223 g/mol. The maximum absolute atomic E-state index is 11.5. The van der Waals surface area contributed by atoms with Crippen LogP contribution in [-0.2, 0) is 4.79 Å². The van der Waals surface area contributed by atoms with Crippen LogP contribution in [0.25, 0.3) is 0 Å². The van der Waals surface area contributed by atoms with Crippen molar-refractivity contribution in [2.24, 2.45) is 0 Å². The highest BCUT2D eigenvalue weighted by atomic mass is 16.2. The molecule has 7 heteroatoms. The fourth-order valence-electron chi connectivity index (χ4n) is 0.926. The molecule has 0 aliphatic heterocycles. The maximum Gasteiger partial charge on any atom is 0.272 e. The predicted molar refractivity (Wildman–Crippen MR) is 58.0 cm³/mol. The van der Waals surface area contributed by atoms with Gasteiger partial charge in [-0.15, -0.1) is 10.2 Å². The van der Waals surface area contributed by atoms with E-state index in [2.05, 4.69) is 26.1 Å². The lowest BCUT2D eigenvalue weighted by Crippen LogP contribution is -2.35. The van der Waals surface area contributed by atoms with Gasteiger partial charge in [0.1, 0.15) is 5.82 Å². The van der Waals surface area contributed by atoms with Crippen molar-refractivity contribution in [3.05, 3.63) is 17.8 Å². The zero-order valence-electron chi connectivity index (χ0n) is 9.07. The number of hydrogen-bond acceptors (Lipinski definition) is 5. The minimum atomic E-state index is -0.432. The summed E-state index contributed by atoms with van der Waals surface area (Å²) in [6, 6.07) is 3.15. The summed E-state index contributed by atoms with van der Waals surface area (Å²) in [4.78, 5) is 22.3. The molecule has 0 saturated carbocycles. The van der Waals surface area contributed by atoms with Crippen molar-refractivity contribution < 1.29 is 9.59 Å². The maximum atomic E-state index is 11.5. The highest BCUT2D eigenvalue weighted by Gasteiger charge is 2.08. The Morgan fingerprint density at radius 1 is 1.25 bits per heavy atom. The van der Waals surface area contributed by atoms with Crippen LogP contribution < -0.4 is 16.0 Å². The average Bonchev–Trinajstić information content (AvgIpc) is 2.35. The molecular formula is C9H13N5O2. The van der Waals surface area contributed by atoms with Gasteiger partial charge in [-0.2, -0.15) is 0 Å². The molecule has 0 saturated heterocycles. The number of anilines is 1. The highest BCUT2D eigenvalue weighted by Crippen LogP contribution is 1.99. The van der Waals surface area contributed by atoms with Crippen LogP contribution in [0.1, 0.15) is 10.5 Å². The number of nitrogens with zero attached hydrogens (tertiary/aromatic N) is 2. The van der Waals surface area contributed by atoms with Gasteiger partial charge in [0, 0.05) is 14.1 Å². The Labute approximate surface area is 92.6 Å². The number of aromatic nitrogens is 2. The van der Waals surface area contributed by atoms with Crippen molar-refractivity contribution in [1.29, 1.82) is 0 Å². The zero-order valence-corrected chi connectivity index (χ0v) is 9.07. The minimum absolute atomic E-state index is 0.0786. The molecule has 86 valence electrons. The standard InChI is InChI=1S/C9H13N5O2/c1-10-7-4-3-6(13-14-7)9(16)12-5-8(15)11-2/h3-4H,5H2,1-2H3,(H,10,14)(H,11,15)(H,12,16). The third-order valence-corrected chi connectivity index (χ3v) is 1.84. The number of carbonyl (C=O) groups excluding carboxylic acids is 2. The Morgan fingerprint density at radius 2 is 2.00 bits per heavy atom. The van der Waals surface area contributed by atoms with Crippen LogP contribution in [0.4, 0.5) is 5.82 Å². The van der Waals surface area contributed by atoms with Crippen LogP contribution in [0.2, 0.25) is 0 Å². The van der Waals surface area contributed by atoms with Gasteiger partial charge in [0.2, 0.25) is 5.91 Å². The monoisotopic (exact) mass is 223 g/mol. The topological polar surface area (TPSA) is 96.0 Å². The summed E-state index contributed by atoms with van der Waals surface area (Å²) in [6.07, 6.45) is 0. The fraction of sp³-hybridized carbons (Fsp3) is 0.333. The minimum Gasteiger partial charge on any atom is -0.372 e. The molecule has 1 aromatic rings. The quantitative estimate of drug-likeness (QED) is 0.608. The van der Waals surface area contributed by atoms with Gasteiger partial charge in [0.15, 0.2) is 5.69 Å². The first kappa shape index (κ1) is 11.9. The summed E-state index contributed by atoms with van der Waals surface area (Å²) in [5.41, 5.74) is 0.169. The summed E-state index contributed by atoms with van der Waals surface area (Å²) < 4.78 is 0. The van der Waals surface area contributed by atoms with Crippen molar-refractivity contribution in [2.75, 3.05) is 26.0 Å². The Balaban J connectivity index is 2.56. The van der Waals surface area contributed by atoms with Gasteiger partial charge < -0.3 is 16.0 Å². The van der Waals surface area contributed by atoms with E-state index in [0.717, 1.165) is 0 Å². The van der Waals surface area contributed by atoms with Gasteiger partial charge in [-0.3, -0.25) is 9.59 Å². The lowest BCUT2D eigenvalue weighted by Gasteiger charge is -2.03. The van der Waals surface area contributed by atoms with Crippen LogP contribution in [0, 0.1) is 0 Å². The van der Waals surface area contributed by atoms with Crippen molar-refractivity contribution in [3.8, 4) is 0 Å². The van der Waals surface area contributed by atoms with Gasteiger partial charge in [-0.05, 0) is 12.1 Å². The van der Waals surface area contributed by atoms with E-state index in [1.54, 1.807) is 13.1 Å². The third-order valence-electron chi connectivity index (χ3n) is 1.84. The summed E-state index contributed by atoms with van der Waals surface area (Å²) in [5, 5.41) is 15.0. The first-order valence-electron chi connectivity index (χ1n) is 4.67. The van der Waals surface area contributed by atoms with E-state index < -0.39 is 5.91 Å². The fourth-order valence-corrected chi connectivity index (χ4v) is 0.926. The zero-order chi connectivity index (χ0) is 12.0. The van der Waals surface area contributed by atoms with Crippen LogP contribution in [0.3, 0.4) is 0 Å². The third kappa shape index (κ3) is 3.19. The van der Waals surface area contributed by atoms with Gasteiger partial charge >= 0.3 is 0 Å². The van der Waals surface area contributed by atoms with Gasteiger partial charge in [-0.25, -0.2) is 0 Å². The first-order valence-corrected chi connectivity index (χ1v) is 4.67. The summed E-state index contributed by atoms with van der Waals surface area (Å²) >= 11 is 0. The number of amides is 2. The molecule has 0 aliphatic carbocycles. The molecule has 2 amide bonds. The molecule has 0 unspecified atom stereocenters. The molecule has 7 nitrogen and oxygen atoms in total. The Kier molecular flexibility index (Phi) is 4.19. The van der Waals surface area contributed by atoms with Gasteiger partial charge in [0.05, 0.1) is 6.54 Å². The molecule has 0 fully saturated rings. The van der Waals surface area contributed by atoms with Crippen molar-refractivity contribution >= 4 is 17.6 Å². The molecular weight excluding hydrogens is 210 g/mol. The molecule has 0 bridgehead atoms.